The summed E-state index contributed by atoms with van der Waals surface area (Å²) in [5.74, 6) is 0. The van der Waals surface area contributed by atoms with Gasteiger partial charge in [0.15, 0.2) is 0 Å². The van der Waals surface area contributed by atoms with Crippen molar-refractivity contribution in [2.24, 2.45) is 0 Å². The highest BCUT2D eigenvalue weighted by Gasteiger charge is 2.15. The fraction of sp³-hybridized carbons (Fsp3) is 0. The average Bonchev–Trinajstić information content (AvgIpc) is 2.53. The first-order valence-electron chi connectivity index (χ1n) is 3.33. The molecular weight excluding hydrogens is 240 g/mol. The van der Waals surface area contributed by atoms with Crippen molar-refractivity contribution in [1.82, 2.24) is 14.6 Å². The van der Waals surface area contributed by atoms with E-state index >= 15 is 0 Å². The van der Waals surface area contributed by atoms with E-state index in [9.17, 15) is 10.1 Å². The van der Waals surface area contributed by atoms with Gasteiger partial charge in [-0.2, -0.15) is 5.10 Å². The van der Waals surface area contributed by atoms with E-state index in [4.69, 9.17) is 0 Å². The Morgan fingerprint density at radius 3 is 3.00 bits per heavy atom. The molecule has 2 rings (SSSR count). The summed E-state index contributed by atoms with van der Waals surface area (Å²) in [6.45, 7) is 0. The SMILES string of the molecule is O=[N+]([O-])c1ccc(Br)n2ncnc12. The zero-order chi connectivity index (χ0) is 9.42. The van der Waals surface area contributed by atoms with Crippen molar-refractivity contribution >= 4 is 27.3 Å². The summed E-state index contributed by atoms with van der Waals surface area (Å²) < 4.78 is 1.99. The Labute approximate surface area is 80.5 Å². The number of hydrogen-bond donors (Lipinski definition) is 0. The van der Waals surface area contributed by atoms with E-state index in [0.29, 0.717) is 4.60 Å². The van der Waals surface area contributed by atoms with Crippen molar-refractivity contribution in [3.05, 3.63) is 33.2 Å². The van der Waals surface area contributed by atoms with Gasteiger partial charge >= 0.3 is 5.69 Å². The minimum atomic E-state index is -0.490. The molecule has 0 spiro atoms. The number of hydrogen-bond acceptors (Lipinski definition) is 4. The van der Waals surface area contributed by atoms with Gasteiger partial charge in [0.25, 0.3) is 0 Å². The van der Waals surface area contributed by atoms with E-state index in [-0.39, 0.29) is 11.3 Å². The molecule has 13 heavy (non-hydrogen) atoms. The van der Waals surface area contributed by atoms with E-state index < -0.39 is 4.92 Å². The van der Waals surface area contributed by atoms with Gasteiger partial charge in [-0.15, -0.1) is 0 Å². The van der Waals surface area contributed by atoms with Crippen molar-refractivity contribution in [1.29, 1.82) is 0 Å². The highest BCUT2D eigenvalue weighted by Crippen LogP contribution is 2.20. The highest BCUT2D eigenvalue weighted by atomic mass is 79.9. The Hall–Kier alpha value is -1.50. The number of nitro groups is 1. The third kappa shape index (κ3) is 1.17. The predicted octanol–water partition coefficient (Wildman–Crippen LogP) is 1.40. The fourth-order valence-corrected chi connectivity index (χ4v) is 1.40. The van der Waals surface area contributed by atoms with Gasteiger partial charge in [-0.1, -0.05) is 0 Å². The van der Waals surface area contributed by atoms with E-state index in [2.05, 4.69) is 26.0 Å². The molecule has 0 aliphatic rings. The van der Waals surface area contributed by atoms with Crippen molar-refractivity contribution in [2.75, 3.05) is 0 Å². The quantitative estimate of drug-likeness (QED) is 0.431. The first-order valence-corrected chi connectivity index (χ1v) is 4.12. The maximum Gasteiger partial charge on any atom is 0.313 e. The molecule has 0 saturated heterocycles. The van der Waals surface area contributed by atoms with E-state index in [1.165, 1.54) is 16.9 Å². The van der Waals surface area contributed by atoms with Crippen LogP contribution in [0, 0.1) is 10.1 Å². The minimum absolute atomic E-state index is 0.0549. The van der Waals surface area contributed by atoms with Crippen LogP contribution in [0.3, 0.4) is 0 Å². The molecule has 66 valence electrons. The molecule has 2 heterocycles. The van der Waals surface area contributed by atoms with Crippen LogP contribution in [0.25, 0.3) is 5.65 Å². The van der Waals surface area contributed by atoms with Crippen molar-refractivity contribution in [3.63, 3.8) is 0 Å². The number of halogens is 1. The molecule has 0 aliphatic carbocycles. The zero-order valence-corrected chi connectivity index (χ0v) is 7.80. The maximum atomic E-state index is 10.5. The number of nitrogens with zero attached hydrogens (tertiary/aromatic N) is 4. The lowest BCUT2D eigenvalue weighted by Crippen LogP contribution is -1.95. The Bertz CT molecular complexity index is 480. The lowest BCUT2D eigenvalue weighted by molar-refractivity contribution is -0.383. The lowest BCUT2D eigenvalue weighted by Gasteiger charge is -1.95. The standard InChI is InChI=1S/C6H3BrN4O2/c7-5-2-1-4(11(12)13)6-8-3-9-10(5)6/h1-3H. The Morgan fingerprint density at radius 2 is 2.31 bits per heavy atom. The van der Waals surface area contributed by atoms with Crippen LogP contribution in [0.1, 0.15) is 0 Å². The molecule has 2 aromatic rings. The molecule has 0 saturated carbocycles. The molecule has 0 amide bonds. The maximum absolute atomic E-state index is 10.5. The summed E-state index contributed by atoms with van der Waals surface area (Å²) in [5.41, 5.74) is 0.181. The highest BCUT2D eigenvalue weighted by molar-refractivity contribution is 9.10. The molecule has 2 aromatic heterocycles. The van der Waals surface area contributed by atoms with Crippen molar-refractivity contribution in [2.45, 2.75) is 0 Å². The summed E-state index contributed by atoms with van der Waals surface area (Å²) >= 11 is 3.20. The fourth-order valence-electron chi connectivity index (χ4n) is 1.01. The lowest BCUT2D eigenvalue weighted by atomic mass is 10.4. The summed E-state index contributed by atoms with van der Waals surface area (Å²) in [6, 6.07) is 2.94. The van der Waals surface area contributed by atoms with Crippen LogP contribution >= 0.6 is 15.9 Å². The van der Waals surface area contributed by atoms with Gasteiger partial charge in [0.1, 0.15) is 10.9 Å². The molecule has 0 bridgehead atoms. The monoisotopic (exact) mass is 242 g/mol. The third-order valence-corrected chi connectivity index (χ3v) is 2.15. The van der Waals surface area contributed by atoms with Gasteiger partial charge in [0.2, 0.25) is 5.65 Å². The number of fused-ring (bicyclic) bond motifs is 1. The van der Waals surface area contributed by atoms with E-state index in [1.54, 1.807) is 6.07 Å². The van der Waals surface area contributed by atoms with Crippen LogP contribution < -0.4 is 0 Å². The van der Waals surface area contributed by atoms with Gasteiger partial charge in [0.05, 0.1) is 4.92 Å². The zero-order valence-electron chi connectivity index (χ0n) is 6.22. The molecule has 7 heteroatoms. The molecule has 0 aromatic carbocycles. The second-order valence-corrected chi connectivity index (χ2v) is 3.11. The molecule has 0 aliphatic heterocycles. The van der Waals surface area contributed by atoms with Crippen LogP contribution in [-0.2, 0) is 0 Å². The number of aromatic nitrogens is 3. The summed E-state index contributed by atoms with van der Waals surface area (Å²) in [6.07, 6.45) is 1.27. The molecular formula is C6H3BrN4O2. The van der Waals surface area contributed by atoms with Crippen LogP contribution in [0.4, 0.5) is 5.69 Å². The van der Waals surface area contributed by atoms with Gasteiger partial charge in [-0.25, -0.2) is 9.50 Å². The van der Waals surface area contributed by atoms with Crippen LogP contribution in [0.15, 0.2) is 23.1 Å². The number of rotatable bonds is 1. The van der Waals surface area contributed by atoms with Gasteiger partial charge < -0.3 is 0 Å². The predicted molar refractivity (Wildman–Crippen MR) is 47.3 cm³/mol. The van der Waals surface area contributed by atoms with Gasteiger partial charge in [-0.05, 0) is 22.0 Å². The molecule has 0 radical (unpaired) electrons. The van der Waals surface area contributed by atoms with Crippen molar-refractivity contribution < 1.29 is 4.92 Å². The molecule has 0 unspecified atom stereocenters. The molecule has 0 atom stereocenters. The van der Waals surface area contributed by atoms with Crippen molar-refractivity contribution in [3.8, 4) is 0 Å². The topological polar surface area (TPSA) is 73.3 Å². The molecule has 6 nitrogen and oxygen atoms in total. The molecule has 0 fully saturated rings. The Balaban J connectivity index is 2.86. The third-order valence-electron chi connectivity index (χ3n) is 1.55. The van der Waals surface area contributed by atoms with Gasteiger partial charge in [0, 0.05) is 6.07 Å². The van der Waals surface area contributed by atoms with E-state index in [1.807, 2.05) is 0 Å². The summed E-state index contributed by atoms with van der Waals surface area (Å²) in [5, 5.41) is 14.3. The second-order valence-electron chi connectivity index (χ2n) is 2.29. The number of pyridine rings is 1. The smallest absolute Gasteiger partial charge is 0.258 e. The normalized spacial score (nSPS) is 10.5. The van der Waals surface area contributed by atoms with Crippen LogP contribution in [-0.4, -0.2) is 19.5 Å². The average molecular weight is 243 g/mol. The van der Waals surface area contributed by atoms with Gasteiger partial charge in [-0.3, -0.25) is 10.1 Å². The largest absolute Gasteiger partial charge is 0.313 e. The van der Waals surface area contributed by atoms with Crippen LogP contribution in [0.5, 0.6) is 0 Å². The summed E-state index contributed by atoms with van der Waals surface area (Å²) in [7, 11) is 0. The Kier molecular flexibility index (Phi) is 1.73. The second kappa shape index (κ2) is 2.77. The van der Waals surface area contributed by atoms with Crippen LogP contribution in [0.2, 0.25) is 0 Å². The first-order chi connectivity index (χ1) is 6.20. The summed E-state index contributed by atoms with van der Waals surface area (Å²) in [4.78, 5) is 13.8. The minimum Gasteiger partial charge on any atom is -0.258 e. The van der Waals surface area contributed by atoms with E-state index in [0.717, 1.165) is 0 Å². The first kappa shape index (κ1) is 8.11. The molecule has 0 N–H and O–H groups in total. The Morgan fingerprint density at radius 1 is 1.54 bits per heavy atom.